The van der Waals surface area contributed by atoms with E-state index in [0.717, 1.165) is 11.3 Å². The zero-order valence-electron chi connectivity index (χ0n) is 13.4. The Morgan fingerprint density at radius 2 is 1.92 bits per heavy atom. The number of hydrogen-bond donors (Lipinski definition) is 0. The van der Waals surface area contributed by atoms with E-state index < -0.39 is 0 Å². The highest BCUT2D eigenvalue weighted by molar-refractivity contribution is 8.27. The Balaban J connectivity index is 1.84. The molecule has 1 fully saturated rings. The van der Waals surface area contributed by atoms with Crippen molar-refractivity contribution in [3.05, 3.63) is 75.6 Å². The average molecular weight is 422 g/mol. The van der Waals surface area contributed by atoms with Gasteiger partial charge in [-0.1, -0.05) is 72.0 Å². The summed E-state index contributed by atoms with van der Waals surface area (Å²) in [6.45, 7) is 4.06. The third-order valence-corrected chi connectivity index (χ3v) is 5.33. The van der Waals surface area contributed by atoms with Gasteiger partial charge in [-0.2, -0.15) is 0 Å². The maximum atomic E-state index is 12.8. The molecule has 0 atom stereocenters. The van der Waals surface area contributed by atoms with Crippen LogP contribution in [0.2, 0.25) is 10.0 Å². The molecule has 1 aliphatic heterocycles. The summed E-state index contributed by atoms with van der Waals surface area (Å²) in [5.41, 5.74) is 1.40. The summed E-state index contributed by atoms with van der Waals surface area (Å²) in [5, 5.41) is 0.872. The molecule has 2 aromatic rings. The van der Waals surface area contributed by atoms with E-state index in [1.165, 1.54) is 16.7 Å². The first-order chi connectivity index (χ1) is 12.5. The summed E-state index contributed by atoms with van der Waals surface area (Å²) in [5.74, 6) is 0.527. The summed E-state index contributed by atoms with van der Waals surface area (Å²) in [6, 6.07) is 12.4. The van der Waals surface area contributed by atoms with Gasteiger partial charge < -0.3 is 4.74 Å². The van der Waals surface area contributed by atoms with Gasteiger partial charge in [-0.25, -0.2) is 0 Å². The Labute approximate surface area is 171 Å². The van der Waals surface area contributed by atoms with Gasteiger partial charge in [-0.3, -0.25) is 9.69 Å². The van der Waals surface area contributed by atoms with Crippen LogP contribution in [0.5, 0.6) is 5.75 Å². The molecule has 0 unspecified atom stereocenters. The first-order valence-corrected chi connectivity index (χ1v) is 9.54. The molecule has 3 nitrogen and oxygen atoms in total. The number of benzene rings is 2. The molecule has 26 heavy (non-hydrogen) atoms. The van der Waals surface area contributed by atoms with E-state index in [-0.39, 0.29) is 5.91 Å². The van der Waals surface area contributed by atoms with Gasteiger partial charge in [-0.15, -0.1) is 0 Å². The van der Waals surface area contributed by atoms with Gasteiger partial charge in [0, 0.05) is 5.02 Å². The van der Waals surface area contributed by atoms with Crippen LogP contribution in [-0.4, -0.2) is 16.8 Å². The van der Waals surface area contributed by atoms with Crippen LogP contribution in [0, 0.1) is 0 Å². The highest BCUT2D eigenvalue weighted by atomic mass is 35.5. The fourth-order valence-corrected chi connectivity index (χ4v) is 4.08. The highest BCUT2D eigenvalue weighted by Gasteiger charge is 2.34. The number of thioether (sulfide) groups is 1. The highest BCUT2D eigenvalue weighted by Crippen LogP contribution is 2.39. The maximum absolute atomic E-state index is 12.8. The molecule has 0 radical (unpaired) electrons. The minimum atomic E-state index is -0.212. The number of ether oxygens (including phenoxy) is 1. The summed E-state index contributed by atoms with van der Waals surface area (Å²) >= 11 is 18.7. The van der Waals surface area contributed by atoms with Crippen molar-refractivity contribution in [1.82, 2.24) is 0 Å². The second kappa shape index (κ2) is 8.27. The Kier molecular flexibility index (Phi) is 6.04. The van der Waals surface area contributed by atoms with Crippen molar-refractivity contribution >= 4 is 69.2 Å². The lowest BCUT2D eigenvalue weighted by atomic mass is 10.2. The number of carbonyl (C=O) groups is 1. The molecule has 0 aliphatic carbocycles. The fraction of sp³-hybridized carbons (Fsp3) is 0.0526. The third kappa shape index (κ3) is 4.13. The zero-order chi connectivity index (χ0) is 18.7. The van der Waals surface area contributed by atoms with E-state index in [1.54, 1.807) is 30.4 Å². The molecule has 0 bridgehead atoms. The van der Waals surface area contributed by atoms with Crippen molar-refractivity contribution in [2.75, 3.05) is 11.5 Å². The minimum absolute atomic E-state index is 0.212. The largest absolute Gasteiger partial charge is 0.490 e. The topological polar surface area (TPSA) is 29.5 Å². The second-order valence-electron chi connectivity index (χ2n) is 5.28. The molecular formula is C19H13Cl2NO2S2. The molecule has 2 aromatic carbocycles. The normalized spacial score (nSPS) is 15.6. The zero-order valence-corrected chi connectivity index (χ0v) is 16.6. The van der Waals surface area contributed by atoms with Crippen LogP contribution in [0.1, 0.15) is 5.56 Å². The van der Waals surface area contributed by atoms with Crippen molar-refractivity contribution in [2.24, 2.45) is 0 Å². The fourth-order valence-electron chi connectivity index (χ4n) is 2.30. The number of amides is 1. The molecule has 0 aromatic heterocycles. The molecule has 1 amide bonds. The average Bonchev–Trinajstić information content (AvgIpc) is 2.88. The van der Waals surface area contributed by atoms with Gasteiger partial charge in [-0.05, 0) is 42.0 Å². The number of rotatable bonds is 5. The van der Waals surface area contributed by atoms with Gasteiger partial charge in [0.2, 0.25) is 0 Å². The lowest BCUT2D eigenvalue weighted by Gasteiger charge is -2.16. The molecule has 0 spiro atoms. The predicted octanol–water partition coefficient (Wildman–Crippen LogP) is 5.96. The number of hydrogen-bond acceptors (Lipinski definition) is 4. The van der Waals surface area contributed by atoms with Crippen molar-refractivity contribution in [1.29, 1.82) is 0 Å². The summed E-state index contributed by atoms with van der Waals surface area (Å²) in [4.78, 5) is 14.7. The number of carbonyl (C=O) groups excluding carboxylic acids is 1. The summed E-state index contributed by atoms with van der Waals surface area (Å²) in [6.07, 6.45) is 3.47. The van der Waals surface area contributed by atoms with E-state index >= 15 is 0 Å². The van der Waals surface area contributed by atoms with Crippen LogP contribution >= 0.6 is 47.2 Å². The molecule has 1 aliphatic rings. The van der Waals surface area contributed by atoms with Crippen LogP contribution < -0.4 is 9.64 Å². The Morgan fingerprint density at radius 3 is 2.58 bits per heavy atom. The van der Waals surface area contributed by atoms with Gasteiger partial charge in [0.1, 0.15) is 12.4 Å². The summed E-state index contributed by atoms with van der Waals surface area (Å²) < 4.78 is 5.88. The Morgan fingerprint density at radius 1 is 1.19 bits per heavy atom. The Bertz CT molecular complexity index is 910. The number of thiocarbonyl (C=S) groups is 1. The van der Waals surface area contributed by atoms with E-state index in [4.69, 9.17) is 40.2 Å². The van der Waals surface area contributed by atoms with Crippen LogP contribution in [0.3, 0.4) is 0 Å². The first kappa shape index (κ1) is 19.0. The monoisotopic (exact) mass is 421 g/mol. The Hall–Kier alpha value is -1.79. The predicted molar refractivity (Wildman–Crippen MR) is 114 cm³/mol. The van der Waals surface area contributed by atoms with Gasteiger partial charge in [0.25, 0.3) is 5.91 Å². The van der Waals surface area contributed by atoms with Crippen molar-refractivity contribution < 1.29 is 9.53 Å². The number of nitrogens with zero attached hydrogens (tertiary/aromatic N) is 1. The molecule has 1 heterocycles. The second-order valence-corrected chi connectivity index (χ2v) is 7.80. The molecule has 0 N–H and O–H groups in total. The smallest absolute Gasteiger partial charge is 0.270 e. The maximum Gasteiger partial charge on any atom is 0.270 e. The van der Waals surface area contributed by atoms with Crippen LogP contribution in [0.25, 0.3) is 6.08 Å². The molecule has 7 heteroatoms. The van der Waals surface area contributed by atoms with Crippen molar-refractivity contribution in [3.63, 3.8) is 0 Å². The van der Waals surface area contributed by atoms with Crippen LogP contribution in [0.4, 0.5) is 5.69 Å². The lowest BCUT2D eigenvalue weighted by Crippen LogP contribution is -2.27. The van der Waals surface area contributed by atoms with Crippen molar-refractivity contribution in [3.8, 4) is 5.75 Å². The SMILES string of the molecule is C=CCOc1ccc(/C=C2\SC(=S)N(c3ccc(Cl)cc3Cl)C2=O)cc1. The molecule has 0 saturated carbocycles. The van der Waals surface area contributed by atoms with Gasteiger partial charge >= 0.3 is 0 Å². The van der Waals surface area contributed by atoms with Crippen LogP contribution in [0.15, 0.2) is 60.0 Å². The van der Waals surface area contributed by atoms with E-state index in [0.29, 0.717) is 31.6 Å². The van der Waals surface area contributed by atoms with E-state index in [9.17, 15) is 4.79 Å². The minimum Gasteiger partial charge on any atom is -0.490 e. The molecule has 1 saturated heterocycles. The molecule has 3 rings (SSSR count). The lowest BCUT2D eigenvalue weighted by molar-refractivity contribution is -0.113. The van der Waals surface area contributed by atoms with Crippen molar-refractivity contribution in [2.45, 2.75) is 0 Å². The molecular weight excluding hydrogens is 409 g/mol. The molecule has 132 valence electrons. The number of halogens is 2. The van der Waals surface area contributed by atoms with E-state index in [2.05, 4.69) is 6.58 Å². The third-order valence-electron chi connectivity index (χ3n) is 3.49. The number of anilines is 1. The quantitative estimate of drug-likeness (QED) is 0.338. The summed E-state index contributed by atoms with van der Waals surface area (Å²) in [7, 11) is 0. The first-order valence-electron chi connectivity index (χ1n) is 7.56. The standard InChI is InChI=1S/C19H13Cl2NO2S2/c1-2-9-24-14-6-3-12(4-7-14)10-17-18(23)22(19(25)26-17)16-8-5-13(20)11-15(16)21/h2-8,10-11H,1,9H2/b17-10-. The van der Waals surface area contributed by atoms with Gasteiger partial charge in [0.15, 0.2) is 4.32 Å². The van der Waals surface area contributed by atoms with Crippen LogP contribution in [-0.2, 0) is 4.79 Å². The van der Waals surface area contributed by atoms with Gasteiger partial charge in [0.05, 0.1) is 15.6 Å². The van der Waals surface area contributed by atoms with E-state index in [1.807, 2.05) is 24.3 Å².